The molecule has 4 aromatic rings. The third kappa shape index (κ3) is 2.90. The Hall–Kier alpha value is -3.63. The van der Waals surface area contributed by atoms with Crippen LogP contribution in [0.3, 0.4) is 0 Å². The highest BCUT2D eigenvalue weighted by atomic mass is 19.3. The number of fused-ring (bicyclic) bond motifs is 1. The predicted molar refractivity (Wildman–Crippen MR) is 93.2 cm³/mol. The van der Waals surface area contributed by atoms with Crippen molar-refractivity contribution in [2.75, 3.05) is 0 Å². The molecule has 0 atom stereocenters. The van der Waals surface area contributed by atoms with E-state index in [1.165, 1.54) is 6.20 Å². The fraction of sp³-hybridized carbons (Fsp3) is 0.235. The number of alkyl halides is 2. The van der Waals surface area contributed by atoms with Gasteiger partial charge in [0.05, 0.1) is 24.1 Å². The lowest BCUT2D eigenvalue weighted by Crippen LogP contribution is -2.10. The zero-order valence-corrected chi connectivity index (χ0v) is 14.3. The first-order valence-corrected chi connectivity index (χ1v) is 8.51. The van der Waals surface area contributed by atoms with E-state index in [2.05, 4.69) is 25.0 Å². The first-order valence-electron chi connectivity index (χ1n) is 8.51. The number of rotatable bonds is 5. The van der Waals surface area contributed by atoms with Gasteiger partial charge in [0, 0.05) is 18.4 Å². The van der Waals surface area contributed by atoms with Gasteiger partial charge in [-0.25, -0.2) is 9.67 Å². The van der Waals surface area contributed by atoms with Crippen molar-refractivity contribution in [2.24, 2.45) is 0 Å². The molecule has 1 saturated carbocycles. The fourth-order valence-electron chi connectivity index (χ4n) is 2.90. The summed E-state index contributed by atoms with van der Waals surface area (Å²) in [4.78, 5) is 27.9. The number of imidazole rings is 1. The summed E-state index contributed by atoms with van der Waals surface area (Å²) in [5, 5.41) is 3.80. The fourth-order valence-corrected chi connectivity index (χ4v) is 2.90. The maximum atomic E-state index is 12.6. The number of aromatic amines is 1. The van der Waals surface area contributed by atoms with Crippen molar-refractivity contribution >= 4 is 10.9 Å². The molecule has 142 valence electrons. The van der Waals surface area contributed by atoms with Gasteiger partial charge in [-0.3, -0.25) is 14.8 Å². The monoisotopic (exact) mass is 385 g/mol. The van der Waals surface area contributed by atoms with Crippen LogP contribution >= 0.6 is 0 Å². The molecular weight excluding hydrogens is 372 g/mol. The molecular formula is C17H13F2N7O2. The van der Waals surface area contributed by atoms with E-state index in [0.29, 0.717) is 33.0 Å². The van der Waals surface area contributed by atoms with Gasteiger partial charge in [0.25, 0.3) is 5.56 Å². The third-order valence-electron chi connectivity index (χ3n) is 4.41. The molecule has 0 bridgehead atoms. The summed E-state index contributed by atoms with van der Waals surface area (Å²) in [6, 6.07) is 1.85. The van der Waals surface area contributed by atoms with E-state index in [4.69, 9.17) is 4.74 Å². The molecule has 0 radical (unpaired) electrons. The minimum Gasteiger partial charge on any atom is -0.422 e. The van der Waals surface area contributed by atoms with Gasteiger partial charge in [0.15, 0.2) is 5.75 Å². The molecule has 0 aromatic carbocycles. The molecule has 0 amide bonds. The largest absolute Gasteiger partial charge is 0.422 e. The quantitative estimate of drug-likeness (QED) is 0.567. The van der Waals surface area contributed by atoms with Crippen molar-refractivity contribution in [1.82, 2.24) is 34.3 Å². The summed E-state index contributed by atoms with van der Waals surface area (Å²) in [6.45, 7) is -2.79. The van der Waals surface area contributed by atoms with Crippen LogP contribution in [0.4, 0.5) is 8.78 Å². The van der Waals surface area contributed by atoms with Gasteiger partial charge in [0.2, 0.25) is 0 Å². The molecule has 1 aliphatic carbocycles. The normalized spacial score (nSPS) is 14.1. The van der Waals surface area contributed by atoms with Crippen molar-refractivity contribution in [2.45, 2.75) is 25.4 Å². The molecule has 4 aromatic heterocycles. The number of aromatic nitrogens is 7. The first-order chi connectivity index (χ1) is 13.6. The number of H-pyrrole nitrogens is 1. The number of nitrogens with one attached hydrogen (secondary N) is 1. The van der Waals surface area contributed by atoms with Crippen LogP contribution in [-0.4, -0.2) is 34.3 Å². The molecule has 11 heteroatoms. The van der Waals surface area contributed by atoms with Crippen molar-refractivity contribution in [3.05, 3.63) is 47.5 Å². The van der Waals surface area contributed by atoms with Crippen LogP contribution in [0.25, 0.3) is 22.3 Å². The number of halogens is 2. The SMILES string of the molecule is O=c1[nH]c(Oc2cnn(C(F)F)c2)nc2c(-c3cn(C4CC4)cn3)nccc12. The lowest BCUT2D eigenvalue weighted by atomic mass is 10.2. The van der Waals surface area contributed by atoms with Crippen LogP contribution in [-0.2, 0) is 0 Å². The molecule has 0 aliphatic heterocycles. The highest BCUT2D eigenvalue weighted by Gasteiger charge is 2.24. The second kappa shape index (κ2) is 6.22. The maximum absolute atomic E-state index is 12.6. The minimum atomic E-state index is -2.79. The summed E-state index contributed by atoms with van der Waals surface area (Å²) in [5.74, 6) is 0.0197. The smallest absolute Gasteiger partial charge is 0.333 e. The molecule has 0 spiro atoms. The first kappa shape index (κ1) is 16.5. The van der Waals surface area contributed by atoms with E-state index in [0.717, 1.165) is 25.2 Å². The van der Waals surface area contributed by atoms with Crippen molar-refractivity contribution in [3.8, 4) is 23.1 Å². The van der Waals surface area contributed by atoms with Crippen molar-refractivity contribution in [3.63, 3.8) is 0 Å². The van der Waals surface area contributed by atoms with Crippen LogP contribution in [0, 0.1) is 0 Å². The Bertz CT molecular complexity index is 1230. The zero-order chi connectivity index (χ0) is 19.3. The average Bonchev–Trinajstić information content (AvgIpc) is 3.22. The number of hydrogen-bond acceptors (Lipinski definition) is 6. The van der Waals surface area contributed by atoms with Crippen LogP contribution in [0.1, 0.15) is 25.4 Å². The van der Waals surface area contributed by atoms with E-state index in [-0.39, 0.29) is 11.8 Å². The van der Waals surface area contributed by atoms with Crippen LogP contribution in [0.2, 0.25) is 0 Å². The Morgan fingerprint density at radius 1 is 1.25 bits per heavy atom. The van der Waals surface area contributed by atoms with Crippen LogP contribution in [0.5, 0.6) is 11.8 Å². The summed E-state index contributed by atoms with van der Waals surface area (Å²) in [6.07, 6.45) is 9.46. The third-order valence-corrected chi connectivity index (χ3v) is 4.41. The maximum Gasteiger partial charge on any atom is 0.333 e. The van der Waals surface area contributed by atoms with Gasteiger partial charge in [-0.15, -0.1) is 0 Å². The molecule has 5 rings (SSSR count). The molecule has 0 unspecified atom stereocenters. The molecule has 1 fully saturated rings. The van der Waals surface area contributed by atoms with Crippen molar-refractivity contribution < 1.29 is 13.5 Å². The summed E-state index contributed by atoms with van der Waals surface area (Å²) in [5.41, 5.74) is 0.901. The summed E-state index contributed by atoms with van der Waals surface area (Å²) < 4.78 is 33.2. The molecule has 9 nitrogen and oxygen atoms in total. The Morgan fingerprint density at radius 2 is 2.11 bits per heavy atom. The van der Waals surface area contributed by atoms with Crippen LogP contribution in [0.15, 0.2) is 42.0 Å². The van der Waals surface area contributed by atoms with Gasteiger partial charge >= 0.3 is 12.6 Å². The van der Waals surface area contributed by atoms with E-state index in [9.17, 15) is 13.6 Å². The van der Waals surface area contributed by atoms with Gasteiger partial charge in [-0.05, 0) is 18.9 Å². The van der Waals surface area contributed by atoms with E-state index >= 15 is 0 Å². The average molecular weight is 385 g/mol. The zero-order valence-electron chi connectivity index (χ0n) is 14.3. The van der Waals surface area contributed by atoms with E-state index in [1.54, 1.807) is 12.4 Å². The van der Waals surface area contributed by atoms with Gasteiger partial charge in [-0.2, -0.15) is 18.9 Å². The lowest BCUT2D eigenvalue weighted by molar-refractivity contribution is 0.0564. The second-order valence-electron chi connectivity index (χ2n) is 6.40. The minimum absolute atomic E-state index is 0.0197. The van der Waals surface area contributed by atoms with Gasteiger partial charge in [-0.1, -0.05) is 0 Å². The van der Waals surface area contributed by atoms with E-state index < -0.39 is 12.1 Å². The number of nitrogens with zero attached hydrogens (tertiary/aromatic N) is 6. The Labute approximate surface area is 155 Å². The second-order valence-corrected chi connectivity index (χ2v) is 6.40. The van der Waals surface area contributed by atoms with E-state index in [1.807, 2.05) is 10.8 Å². The summed E-state index contributed by atoms with van der Waals surface area (Å²) >= 11 is 0. The molecule has 28 heavy (non-hydrogen) atoms. The molecule has 1 aliphatic rings. The highest BCUT2D eigenvalue weighted by Crippen LogP contribution is 2.36. The number of pyridine rings is 1. The standard InChI is InChI=1S/C17H13F2N7O2/c18-16(19)26-6-10(5-22-26)28-17-23-13-11(15(27)24-17)3-4-20-14(13)12-7-25(8-21-12)9-1-2-9/h3-9,16H,1-2H2,(H,23,24,27). The Balaban J connectivity index is 1.56. The summed E-state index contributed by atoms with van der Waals surface area (Å²) in [7, 11) is 0. The van der Waals surface area contributed by atoms with Crippen LogP contribution < -0.4 is 10.3 Å². The number of ether oxygens (including phenoxy) is 1. The molecule has 0 saturated heterocycles. The Kier molecular flexibility index (Phi) is 3.67. The topological polar surface area (TPSA) is 104 Å². The van der Waals surface area contributed by atoms with Gasteiger partial charge < -0.3 is 9.30 Å². The lowest BCUT2D eigenvalue weighted by Gasteiger charge is -2.05. The number of hydrogen-bond donors (Lipinski definition) is 1. The molecule has 4 heterocycles. The molecule has 1 N–H and O–H groups in total. The van der Waals surface area contributed by atoms with Gasteiger partial charge in [0.1, 0.15) is 16.9 Å². The predicted octanol–water partition coefficient (Wildman–Crippen LogP) is 2.90. The highest BCUT2D eigenvalue weighted by molar-refractivity contribution is 5.89. The Morgan fingerprint density at radius 3 is 2.86 bits per heavy atom. The van der Waals surface area contributed by atoms with Crippen molar-refractivity contribution in [1.29, 1.82) is 0 Å².